The summed E-state index contributed by atoms with van der Waals surface area (Å²) in [5, 5.41) is 9.57. The largest absolute Gasteiger partial charge is 0.394 e. The molecule has 0 bridgehead atoms. The number of aliphatic hydroxyl groups is 1. The van der Waals surface area contributed by atoms with E-state index in [1.54, 1.807) is 0 Å². The Bertz CT molecular complexity index is 516. The smallest absolute Gasteiger partial charge is 0.169 e. The summed E-state index contributed by atoms with van der Waals surface area (Å²) in [6, 6.07) is 10.3. The van der Waals surface area contributed by atoms with E-state index in [0.717, 1.165) is 32.1 Å². The maximum absolute atomic E-state index is 9.57. The Labute approximate surface area is 151 Å². The van der Waals surface area contributed by atoms with Crippen LogP contribution in [0.25, 0.3) is 0 Å². The molecule has 0 saturated carbocycles. The van der Waals surface area contributed by atoms with Crippen molar-refractivity contribution >= 4 is 0 Å². The van der Waals surface area contributed by atoms with Crippen molar-refractivity contribution in [2.24, 2.45) is 11.8 Å². The van der Waals surface area contributed by atoms with E-state index < -0.39 is 5.79 Å². The van der Waals surface area contributed by atoms with Crippen LogP contribution in [0.1, 0.15) is 51.5 Å². The molecule has 2 aliphatic rings. The normalized spacial score (nSPS) is 35.8. The highest BCUT2D eigenvalue weighted by Gasteiger charge is 2.46. The Morgan fingerprint density at radius 3 is 2.36 bits per heavy atom. The minimum Gasteiger partial charge on any atom is -0.394 e. The van der Waals surface area contributed by atoms with E-state index in [2.05, 4.69) is 26.0 Å². The molecule has 2 aliphatic heterocycles. The summed E-state index contributed by atoms with van der Waals surface area (Å²) in [6.07, 6.45) is 4.97. The van der Waals surface area contributed by atoms with Gasteiger partial charge in [-0.1, -0.05) is 44.2 Å². The molecular weight excluding hydrogens is 316 g/mol. The lowest BCUT2D eigenvalue weighted by Crippen LogP contribution is -2.53. The van der Waals surface area contributed by atoms with Gasteiger partial charge in [-0.15, -0.1) is 0 Å². The van der Waals surface area contributed by atoms with Crippen LogP contribution in [0.2, 0.25) is 0 Å². The average molecular weight is 348 g/mol. The number of hydrogen-bond acceptors (Lipinski definition) is 4. The highest BCUT2D eigenvalue weighted by Crippen LogP contribution is 2.43. The van der Waals surface area contributed by atoms with Crippen LogP contribution in [0.15, 0.2) is 30.3 Å². The van der Waals surface area contributed by atoms with Gasteiger partial charge in [0.2, 0.25) is 0 Å². The first-order chi connectivity index (χ1) is 12.1. The second-order valence-corrected chi connectivity index (χ2v) is 7.76. The van der Waals surface area contributed by atoms with Gasteiger partial charge in [-0.05, 0) is 36.7 Å². The van der Waals surface area contributed by atoms with Crippen LogP contribution in [0.5, 0.6) is 0 Å². The van der Waals surface area contributed by atoms with Crippen molar-refractivity contribution in [2.45, 2.75) is 70.6 Å². The molecule has 2 heterocycles. The summed E-state index contributed by atoms with van der Waals surface area (Å²) in [7, 11) is 0. The molecule has 1 aromatic rings. The predicted octanol–water partition coefficient (Wildman–Crippen LogP) is 3.91. The van der Waals surface area contributed by atoms with E-state index in [1.165, 1.54) is 5.56 Å². The van der Waals surface area contributed by atoms with E-state index in [9.17, 15) is 5.11 Å². The van der Waals surface area contributed by atoms with Gasteiger partial charge in [-0.25, -0.2) is 0 Å². The molecule has 4 heteroatoms. The Morgan fingerprint density at radius 2 is 1.68 bits per heavy atom. The molecule has 0 radical (unpaired) electrons. The maximum atomic E-state index is 9.57. The number of aliphatic hydroxyl groups excluding tert-OH is 1. The Balaban J connectivity index is 1.49. The summed E-state index contributed by atoms with van der Waals surface area (Å²) >= 11 is 0. The lowest BCUT2D eigenvalue weighted by Gasteiger charge is -2.49. The first kappa shape index (κ1) is 18.8. The molecule has 0 aliphatic carbocycles. The Hall–Kier alpha value is -0.940. The lowest BCUT2D eigenvalue weighted by molar-refractivity contribution is -0.335. The SMILES string of the molecule is C[C@@H]1CC[C@@]2(CC[C@H](C)[C@@H](CCOCc3ccccc3)O2)O[C@@H]1CO. The maximum Gasteiger partial charge on any atom is 0.169 e. The number of ether oxygens (including phenoxy) is 3. The van der Waals surface area contributed by atoms with Crippen molar-refractivity contribution in [1.29, 1.82) is 0 Å². The first-order valence-corrected chi connectivity index (χ1v) is 9.70. The average Bonchev–Trinajstić information content (AvgIpc) is 2.64. The molecule has 1 aromatic carbocycles. The summed E-state index contributed by atoms with van der Waals surface area (Å²) in [4.78, 5) is 0. The Morgan fingerprint density at radius 1 is 1.04 bits per heavy atom. The van der Waals surface area contributed by atoms with Crippen molar-refractivity contribution < 1.29 is 19.3 Å². The minimum absolute atomic E-state index is 0.0761. The molecule has 0 aromatic heterocycles. The van der Waals surface area contributed by atoms with Crippen molar-refractivity contribution in [3.63, 3.8) is 0 Å². The molecule has 0 unspecified atom stereocenters. The molecule has 4 nitrogen and oxygen atoms in total. The van der Waals surface area contributed by atoms with E-state index in [4.69, 9.17) is 14.2 Å². The van der Waals surface area contributed by atoms with Gasteiger partial charge in [0.1, 0.15) is 0 Å². The first-order valence-electron chi connectivity index (χ1n) is 9.70. The predicted molar refractivity (Wildman–Crippen MR) is 97.1 cm³/mol. The van der Waals surface area contributed by atoms with E-state index in [-0.39, 0.29) is 18.8 Å². The molecule has 2 fully saturated rings. The van der Waals surface area contributed by atoms with Crippen LogP contribution in [-0.2, 0) is 20.8 Å². The van der Waals surface area contributed by atoms with E-state index in [0.29, 0.717) is 25.0 Å². The van der Waals surface area contributed by atoms with Gasteiger partial charge in [0.05, 0.1) is 25.4 Å². The van der Waals surface area contributed by atoms with Crippen LogP contribution in [-0.4, -0.2) is 36.3 Å². The third-order valence-electron chi connectivity index (χ3n) is 5.80. The third-order valence-corrected chi connectivity index (χ3v) is 5.80. The van der Waals surface area contributed by atoms with Crippen molar-refractivity contribution in [1.82, 2.24) is 0 Å². The quantitative estimate of drug-likeness (QED) is 0.792. The molecule has 1 N–H and O–H groups in total. The minimum atomic E-state index is -0.490. The summed E-state index contributed by atoms with van der Waals surface area (Å²) in [6.45, 7) is 5.82. The molecule has 0 amide bonds. The van der Waals surface area contributed by atoms with Gasteiger partial charge in [0.25, 0.3) is 0 Å². The van der Waals surface area contributed by atoms with Crippen molar-refractivity contribution in [3.8, 4) is 0 Å². The summed E-state index contributed by atoms with van der Waals surface area (Å²) in [5.74, 6) is 0.420. The van der Waals surface area contributed by atoms with Crippen LogP contribution in [0.3, 0.4) is 0 Å². The zero-order valence-electron chi connectivity index (χ0n) is 15.5. The fourth-order valence-electron chi connectivity index (χ4n) is 3.96. The molecule has 1 spiro atoms. The van der Waals surface area contributed by atoms with Gasteiger partial charge in [0.15, 0.2) is 5.79 Å². The molecule has 5 atom stereocenters. The second-order valence-electron chi connectivity index (χ2n) is 7.76. The molecule has 25 heavy (non-hydrogen) atoms. The molecule has 2 saturated heterocycles. The molecule has 3 rings (SSSR count). The standard InChI is InChI=1S/C21H32O4/c1-16-8-11-21(12-9-17(2)20(14-22)25-21)24-19(16)10-13-23-15-18-6-4-3-5-7-18/h3-7,16-17,19-20,22H,8-15H2,1-2H3/t16-,17+,19+,20+,21+/m0/s1. The van der Waals surface area contributed by atoms with Gasteiger partial charge in [-0.2, -0.15) is 0 Å². The van der Waals surface area contributed by atoms with Gasteiger partial charge in [0, 0.05) is 19.4 Å². The summed E-state index contributed by atoms with van der Waals surface area (Å²) in [5.41, 5.74) is 1.20. The highest BCUT2D eigenvalue weighted by molar-refractivity contribution is 5.13. The van der Waals surface area contributed by atoms with Gasteiger partial charge >= 0.3 is 0 Å². The number of rotatable bonds is 6. The van der Waals surface area contributed by atoms with Crippen LogP contribution in [0, 0.1) is 11.8 Å². The fraction of sp³-hybridized carbons (Fsp3) is 0.714. The monoisotopic (exact) mass is 348 g/mol. The van der Waals surface area contributed by atoms with Crippen molar-refractivity contribution in [3.05, 3.63) is 35.9 Å². The lowest BCUT2D eigenvalue weighted by atomic mass is 9.84. The number of hydrogen-bond donors (Lipinski definition) is 1. The van der Waals surface area contributed by atoms with Gasteiger partial charge < -0.3 is 19.3 Å². The zero-order chi connectivity index (χ0) is 17.7. The van der Waals surface area contributed by atoms with E-state index in [1.807, 2.05) is 18.2 Å². The Kier molecular flexibility index (Phi) is 6.50. The van der Waals surface area contributed by atoms with Crippen LogP contribution < -0.4 is 0 Å². The van der Waals surface area contributed by atoms with Gasteiger partial charge in [-0.3, -0.25) is 0 Å². The third kappa shape index (κ3) is 4.82. The molecular formula is C21H32O4. The summed E-state index contributed by atoms with van der Waals surface area (Å²) < 4.78 is 18.5. The highest BCUT2D eigenvalue weighted by atomic mass is 16.7. The fourth-order valence-corrected chi connectivity index (χ4v) is 3.96. The zero-order valence-corrected chi connectivity index (χ0v) is 15.5. The van der Waals surface area contributed by atoms with Crippen LogP contribution >= 0.6 is 0 Å². The second kappa shape index (κ2) is 8.63. The van der Waals surface area contributed by atoms with Crippen molar-refractivity contribution in [2.75, 3.05) is 13.2 Å². The van der Waals surface area contributed by atoms with Crippen LogP contribution in [0.4, 0.5) is 0 Å². The topological polar surface area (TPSA) is 47.9 Å². The molecule has 140 valence electrons. The number of benzene rings is 1. The van der Waals surface area contributed by atoms with E-state index >= 15 is 0 Å².